The smallest absolute Gasteiger partial charge is 0.153 e. The number of nitrogens with zero attached hydrogens (tertiary/aromatic N) is 1. The Hall–Kier alpha value is -1.61. The zero-order valence-electron chi connectivity index (χ0n) is 10.2. The van der Waals surface area contributed by atoms with Crippen LogP contribution in [0.2, 0.25) is 0 Å². The highest BCUT2D eigenvalue weighted by molar-refractivity contribution is 5.78. The van der Waals surface area contributed by atoms with Crippen molar-refractivity contribution in [3.05, 3.63) is 36.2 Å². The molecule has 2 aromatic rings. The van der Waals surface area contributed by atoms with Gasteiger partial charge in [-0.2, -0.15) is 0 Å². The standard InChI is InChI=1S/C15H16N2O/c1-2-14-13(16-6-1)9-15(18-14)11-4-3-10-5-7-17-12(10)8-11/h1-2,6,8-10,12,17H,3-5,7H2. The van der Waals surface area contributed by atoms with Crippen LogP contribution in [0, 0.1) is 5.92 Å². The molecule has 0 spiro atoms. The highest BCUT2D eigenvalue weighted by Crippen LogP contribution is 2.35. The molecule has 1 aliphatic carbocycles. The fraction of sp³-hybridized carbons (Fsp3) is 0.400. The van der Waals surface area contributed by atoms with E-state index in [0.717, 1.165) is 35.7 Å². The maximum absolute atomic E-state index is 5.90. The van der Waals surface area contributed by atoms with Crippen LogP contribution in [-0.4, -0.2) is 17.6 Å². The Bertz CT molecular complexity index is 581. The number of hydrogen-bond acceptors (Lipinski definition) is 3. The molecule has 1 N–H and O–H groups in total. The summed E-state index contributed by atoms with van der Waals surface area (Å²) in [5.41, 5.74) is 3.17. The first-order chi connectivity index (χ1) is 8.90. The molecule has 3 nitrogen and oxygen atoms in total. The van der Waals surface area contributed by atoms with E-state index in [-0.39, 0.29) is 0 Å². The zero-order valence-corrected chi connectivity index (χ0v) is 10.2. The molecule has 2 unspecified atom stereocenters. The van der Waals surface area contributed by atoms with Gasteiger partial charge in [0.15, 0.2) is 5.58 Å². The van der Waals surface area contributed by atoms with E-state index in [1.54, 1.807) is 0 Å². The Kier molecular flexibility index (Phi) is 2.27. The van der Waals surface area contributed by atoms with E-state index < -0.39 is 0 Å². The molecule has 0 radical (unpaired) electrons. The summed E-state index contributed by atoms with van der Waals surface area (Å²) in [4.78, 5) is 4.33. The summed E-state index contributed by atoms with van der Waals surface area (Å²) >= 11 is 0. The van der Waals surface area contributed by atoms with Crippen LogP contribution in [0.15, 0.2) is 34.9 Å². The van der Waals surface area contributed by atoms with Crippen molar-refractivity contribution >= 4 is 16.7 Å². The highest BCUT2D eigenvalue weighted by atomic mass is 16.3. The molecule has 18 heavy (non-hydrogen) atoms. The van der Waals surface area contributed by atoms with Gasteiger partial charge < -0.3 is 9.73 Å². The van der Waals surface area contributed by atoms with Crippen molar-refractivity contribution in [3.63, 3.8) is 0 Å². The maximum atomic E-state index is 5.90. The first-order valence-corrected chi connectivity index (χ1v) is 6.69. The molecular formula is C15H16N2O. The minimum absolute atomic E-state index is 0.551. The molecule has 0 amide bonds. The Morgan fingerprint density at radius 3 is 3.28 bits per heavy atom. The number of rotatable bonds is 1. The first kappa shape index (κ1) is 10.3. The third-order valence-electron chi connectivity index (χ3n) is 4.17. The second-order valence-corrected chi connectivity index (χ2v) is 5.26. The normalized spacial score (nSPS) is 27.2. The van der Waals surface area contributed by atoms with Crippen LogP contribution < -0.4 is 5.32 Å². The molecule has 0 bridgehead atoms. The van der Waals surface area contributed by atoms with Gasteiger partial charge in [0.05, 0.1) is 0 Å². The summed E-state index contributed by atoms with van der Waals surface area (Å²) in [7, 11) is 0. The number of pyridine rings is 1. The van der Waals surface area contributed by atoms with Crippen LogP contribution in [-0.2, 0) is 0 Å². The highest BCUT2D eigenvalue weighted by Gasteiger charge is 2.29. The Morgan fingerprint density at radius 1 is 1.33 bits per heavy atom. The van der Waals surface area contributed by atoms with Crippen molar-refractivity contribution in [2.24, 2.45) is 5.92 Å². The summed E-state index contributed by atoms with van der Waals surface area (Å²) in [5.74, 6) is 1.83. The van der Waals surface area contributed by atoms with E-state index in [0.29, 0.717) is 6.04 Å². The van der Waals surface area contributed by atoms with Crippen LogP contribution in [0.4, 0.5) is 0 Å². The quantitative estimate of drug-likeness (QED) is 0.832. The van der Waals surface area contributed by atoms with Crippen molar-refractivity contribution in [3.8, 4) is 0 Å². The molecule has 92 valence electrons. The van der Waals surface area contributed by atoms with Gasteiger partial charge in [-0.05, 0) is 49.4 Å². The fourth-order valence-electron chi connectivity index (χ4n) is 3.17. The molecule has 1 fully saturated rings. The first-order valence-electron chi connectivity index (χ1n) is 6.69. The number of fused-ring (bicyclic) bond motifs is 2. The van der Waals surface area contributed by atoms with Crippen LogP contribution in [0.25, 0.3) is 16.7 Å². The predicted octanol–water partition coefficient (Wildman–Crippen LogP) is 2.98. The minimum Gasteiger partial charge on any atom is -0.455 e. The molecule has 4 rings (SSSR count). The lowest BCUT2D eigenvalue weighted by Crippen LogP contribution is -2.27. The largest absolute Gasteiger partial charge is 0.455 e. The van der Waals surface area contributed by atoms with Gasteiger partial charge >= 0.3 is 0 Å². The summed E-state index contributed by atoms with van der Waals surface area (Å²) < 4.78 is 5.90. The SMILES string of the molecule is C1=C(c2cc3ncccc3o2)CCC2CCNC12. The molecule has 2 aliphatic rings. The van der Waals surface area contributed by atoms with Crippen molar-refractivity contribution in [2.75, 3.05) is 6.54 Å². The number of hydrogen-bond donors (Lipinski definition) is 1. The maximum Gasteiger partial charge on any atom is 0.153 e. The van der Waals surface area contributed by atoms with E-state index in [1.165, 1.54) is 18.4 Å². The molecule has 1 saturated heterocycles. The second kappa shape index (κ2) is 3.95. The van der Waals surface area contributed by atoms with Crippen LogP contribution in [0.1, 0.15) is 25.0 Å². The number of furan rings is 1. The Balaban J connectivity index is 1.74. The summed E-state index contributed by atoms with van der Waals surface area (Å²) in [6.45, 7) is 1.15. The summed E-state index contributed by atoms with van der Waals surface area (Å²) in [6, 6.07) is 6.51. The summed E-state index contributed by atoms with van der Waals surface area (Å²) in [5, 5.41) is 3.56. The molecule has 1 aliphatic heterocycles. The lowest BCUT2D eigenvalue weighted by Gasteiger charge is -2.23. The van der Waals surface area contributed by atoms with Gasteiger partial charge in [-0.25, -0.2) is 0 Å². The summed E-state index contributed by atoms with van der Waals surface area (Å²) in [6.07, 6.45) is 7.89. The van der Waals surface area contributed by atoms with Gasteiger partial charge in [-0.15, -0.1) is 0 Å². The second-order valence-electron chi connectivity index (χ2n) is 5.26. The fourth-order valence-corrected chi connectivity index (χ4v) is 3.17. The topological polar surface area (TPSA) is 38.1 Å². The van der Waals surface area contributed by atoms with E-state index in [9.17, 15) is 0 Å². The van der Waals surface area contributed by atoms with E-state index in [1.807, 2.05) is 18.3 Å². The molecule has 0 aromatic carbocycles. The van der Waals surface area contributed by atoms with Gasteiger partial charge in [0, 0.05) is 18.3 Å². The molecule has 3 heterocycles. The number of nitrogens with one attached hydrogen (secondary N) is 1. The van der Waals surface area contributed by atoms with Gasteiger partial charge in [0.1, 0.15) is 11.3 Å². The number of allylic oxidation sites excluding steroid dienone is 1. The van der Waals surface area contributed by atoms with E-state index in [2.05, 4.69) is 22.4 Å². The lowest BCUT2D eigenvalue weighted by molar-refractivity contribution is 0.460. The molecule has 2 aromatic heterocycles. The minimum atomic E-state index is 0.551. The molecule has 0 saturated carbocycles. The Morgan fingerprint density at radius 2 is 2.33 bits per heavy atom. The van der Waals surface area contributed by atoms with Crippen molar-refractivity contribution in [1.29, 1.82) is 0 Å². The van der Waals surface area contributed by atoms with Crippen molar-refractivity contribution in [1.82, 2.24) is 10.3 Å². The van der Waals surface area contributed by atoms with Crippen LogP contribution in [0.3, 0.4) is 0 Å². The van der Waals surface area contributed by atoms with Gasteiger partial charge in [0.2, 0.25) is 0 Å². The average molecular weight is 240 g/mol. The van der Waals surface area contributed by atoms with Gasteiger partial charge in [0.25, 0.3) is 0 Å². The molecular weight excluding hydrogens is 224 g/mol. The van der Waals surface area contributed by atoms with E-state index >= 15 is 0 Å². The van der Waals surface area contributed by atoms with Crippen LogP contribution >= 0.6 is 0 Å². The lowest BCUT2D eigenvalue weighted by atomic mass is 9.85. The van der Waals surface area contributed by atoms with Crippen LogP contribution in [0.5, 0.6) is 0 Å². The molecule has 2 atom stereocenters. The van der Waals surface area contributed by atoms with Crippen molar-refractivity contribution in [2.45, 2.75) is 25.3 Å². The predicted molar refractivity (Wildman–Crippen MR) is 71.1 cm³/mol. The van der Waals surface area contributed by atoms with Gasteiger partial charge in [-0.1, -0.05) is 6.08 Å². The average Bonchev–Trinajstić information content (AvgIpc) is 3.04. The zero-order chi connectivity index (χ0) is 11.9. The molecule has 3 heteroatoms. The third kappa shape index (κ3) is 1.58. The third-order valence-corrected chi connectivity index (χ3v) is 4.17. The number of aromatic nitrogens is 1. The van der Waals surface area contributed by atoms with Gasteiger partial charge in [-0.3, -0.25) is 4.98 Å². The van der Waals surface area contributed by atoms with E-state index in [4.69, 9.17) is 4.42 Å². The Labute approximate surface area is 106 Å². The monoisotopic (exact) mass is 240 g/mol. The van der Waals surface area contributed by atoms with Crippen molar-refractivity contribution < 1.29 is 4.42 Å².